The van der Waals surface area contributed by atoms with Crippen molar-refractivity contribution >= 4 is 15.8 Å². The van der Waals surface area contributed by atoms with Crippen molar-refractivity contribution < 1.29 is 13.2 Å². The summed E-state index contributed by atoms with van der Waals surface area (Å²) in [5.41, 5.74) is 1.20. The Hall–Kier alpha value is -1.60. The normalized spacial score (nSPS) is 27.5. The molecule has 2 atom stereocenters. The van der Waals surface area contributed by atoms with E-state index in [0.717, 1.165) is 25.5 Å². The highest BCUT2D eigenvalue weighted by Crippen LogP contribution is 2.34. The van der Waals surface area contributed by atoms with Crippen LogP contribution in [0.2, 0.25) is 0 Å². The summed E-state index contributed by atoms with van der Waals surface area (Å²) in [5.74, 6) is 1.31. The number of aliphatic imine (C=N–C) groups is 1. The summed E-state index contributed by atoms with van der Waals surface area (Å²) < 4.78 is 29.8. The highest BCUT2D eigenvalue weighted by atomic mass is 32.2. The summed E-state index contributed by atoms with van der Waals surface area (Å²) >= 11 is 0. The average Bonchev–Trinajstić information content (AvgIpc) is 3.10. The standard InChI is InChI=1S/C20H31N3O3S/c1-4-21-19(23-11-13-27(24,25)20(2,3)15-23)22-14-17-10-12-26-18(17)16-8-6-5-7-9-16/h5-9,17-18H,4,10-15H2,1-3H3,(H,21,22). The SMILES string of the molecule is CCNC(=NCC1CCOC1c1ccccc1)N1CCS(=O)(=O)C(C)(C)C1. The van der Waals surface area contributed by atoms with Crippen molar-refractivity contribution in [3.8, 4) is 0 Å². The molecule has 0 bridgehead atoms. The predicted octanol–water partition coefficient (Wildman–Crippen LogP) is 2.24. The first-order chi connectivity index (χ1) is 12.8. The first-order valence-electron chi connectivity index (χ1n) is 9.76. The van der Waals surface area contributed by atoms with E-state index < -0.39 is 14.6 Å². The van der Waals surface area contributed by atoms with Crippen LogP contribution < -0.4 is 5.32 Å². The lowest BCUT2D eigenvalue weighted by Crippen LogP contribution is -2.57. The third-order valence-corrected chi connectivity index (χ3v) is 8.03. The van der Waals surface area contributed by atoms with Crippen LogP contribution >= 0.6 is 0 Å². The quantitative estimate of drug-likeness (QED) is 0.627. The highest BCUT2D eigenvalue weighted by Gasteiger charge is 2.41. The van der Waals surface area contributed by atoms with E-state index in [-0.39, 0.29) is 11.9 Å². The topological polar surface area (TPSA) is 71.0 Å². The maximum atomic E-state index is 12.3. The summed E-state index contributed by atoms with van der Waals surface area (Å²) in [6.45, 7) is 8.77. The molecule has 0 spiro atoms. The minimum absolute atomic E-state index is 0.0796. The van der Waals surface area contributed by atoms with Gasteiger partial charge in [-0.05, 0) is 32.8 Å². The van der Waals surface area contributed by atoms with Gasteiger partial charge in [-0.25, -0.2) is 8.42 Å². The summed E-state index contributed by atoms with van der Waals surface area (Å²) in [4.78, 5) is 6.95. The van der Waals surface area contributed by atoms with E-state index in [1.165, 1.54) is 5.56 Å². The van der Waals surface area contributed by atoms with E-state index in [1.54, 1.807) is 13.8 Å². The van der Waals surface area contributed by atoms with Crippen molar-refractivity contribution in [2.24, 2.45) is 10.9 Å². The van der Waals surface area contributed by atoms with Gasteiger partial charge in [-0.15, -0.1) is 0 Å². The van der Waals surface area contributed by atoms with E-state index in [9.17, 15) is 8.42 Å². The van der Waals surface area contributed by atoms with E-state index in [4.69, 9.17) is 9.73 Å². The molecular weight excluding hydrogens is 362 g/mol. The fourth-order valence-corrected chi connectivity index (χ4v) is 5.15. The van der Waals surface area contributed by atoms with Crippen LogP contribution in [0.5, 0.6) is 0 Å². The minimum Gasteiger partial charge on any atom is -0.373 e. The molecule has 150 valence electrons. The molecule has 1 aromatic rings. The van der Waals surface area contributed by atoms with Crippen molar-refractivity contribution in [3.63, 3.8) is 0 Å². The fraction of sp³-hybridized carbons (Fsp3) is 0.650. The van der Waals surface area contributed by atoms with E-state index in [1.807, 2.05) is 25.1 Å². The number of guanidine groups is 1. The zero-order valence-corrected chi connectivity index (χ0v) is 17.3. The molecular formula is C20H31N3O3S. The van der Waals surface area contributed by atoms with Gasteiger partial charge in [0.25, 0.3) is 0 Å². The molecule has 2 aliphatic heterocycles. The van der Waals surface area contributed by atoms with Crippen molar-refractivity contribution in [1.82, 2.24) is 10.2 Å². The lowest BCUT2D eigenvalue weighted by atomic mass is 9.95. The summed E-state index contributed by atoms with van der Waals surface area (Å²) in [5, 5.41) is 3.34. The van der Waals surface area contributed by atoms with Gasteiger partial charge in [-0.3, -0.25) is 4.99 Å². The van der Waals surface area contributed by atoms with Crippen LogP contribution in [0.1, 0.15) is 38.9 Å². The number of nitrogens with one attached hydrogen (secondary N) is 1. The van der Waals surface area contributed by atoms with Gasteiger partial charge in [-0.1, -0.05) is 30.3 Å². The zero-order chi connectivity index (χ0) is 19.5. The molecule has 27 heavy (non-hydrogen) atoms. The molecule has 0 radical (unpaired) electrons. The average molecular weight is 394 g/mol. The molecule has 1 N–H and O–H groups in total. The Morgan fingerprint density at radius 2 is 2.07 bits per heavy atom. The van der Waals surface area contributed by atoms with Crippen molar-refractivity contribution in [3.05, 3.63) is 35.9 Å². The molecule has 7 heteroatoms. The Labute approximate surface area is 162 Å². The highest BCUT2D eigenvalue weighted by molar-refractivity contribution is 7.92. The maximum Gasteiger partial charge on any atom is 0.194 e. The summed E-state index contributed by atoms with van der Waals surface area (Å²) in [7, 11) is -3.06. The Morgan fingerprint density at radius 3 is 2.74 bits per heavy atom. The first kappa shape index (κ1) is 20.1. The van der Waals surface area contributed by atoms with E-state index in [0.29, 0.717) is 25.6 Å². The molecule has 2 saturated heterocycles. The minimum atomic E-state index is -3.06. The van der Waals surface area contributed by atoms with Gasteiger partial charge in [0.2, 0.25) is 0 Å². The largest absolute Gasteiger partial charge is 0.373 e. The first-order valence-corrected chi connectivity index (χ1v) is 11.4. The Kier molecular flexibility index (Phi) is 6.11. The van der Waals surface area contributed by atoms with Crippen LogP contribution in [0, 0.1) is 5.92 Å². The van der Waals surface area contributed by atoms with Crippen molar-refractivity contribution in [2.75, 3.05) is 38.5 Å². The molecule has 0 aliphatic carbocycles. The summed E-state index contributed by atoms with van der Waals surface area (Å²) in [6.07, 6.45) is 1.07. The van der Waals surface area contributed by atoms with Crippen LogP contribution in [0.3, 0.4) is 0 Å². The number of benzene rings is 1. The Morgan fingerprint density at radius 1 is 1.33 bits per heavy atom. The molecule has 2 aliphatic rings. The van der Waals surface area contributed by atoms with Gasteiger partial charge in [0, 0.05) is 38.7 Å². The third kappa shape index (κ3) is 4.46. The second-order valence-electron chi connectivity index (χ2n) is 7.95. The van der Waals surface area contributed by atoms with Crippen LogP contribution in [0.4, 0.5) is 0 Å². The predicted molar refractivity (Wildman–Crippen MR) is 109 cm³/mol. The van der Waals surface area contributed by atoms with Gasteiger partial charge < -0.3 is 15.0 Å². The molecule has 3 rings (SSSR count). The molecule has 1 aromatic carbocycles. The second kappa shape index (κ2) is 8.19. The summed E-state index contributed by atoms with van der Waals surface area (Å²) in [6, 6.07) is 10.3. The van der Waals surface area contributed by atoms with Crippen molar-refractivity contribution in [2.45, 2.75) is 38.0 Å². The number of ether oxygens (including phenoxy) is 1. The molecule has 2 heterocycles. The van der Waals surface area contributed by atoms with E-state index in [2.05, 4.69) is 22.3 Å². The van der Waals surface area contributed by atoms with Crippen LogP contribution in [0.25, 0.3) is 0 Å². The van der Waals surface area contributed by atoms with Gasteiger partial charge in [0.05, 0.1) is 16.6 Å². The van der Waals surface area contributed by atoms with Crippen molar-refractivity contribution in [1.29, 1.82) is 0 Å². The monoisotopic (exact) mass is 393 g/mol. The lowest BCUT2D eigenvalue weighted by molar-refractivity contribution is 0.0925. The Bertz CT molecular complexity index is 762. The smallest absolute Gasteiger partial charge is 0.194 e. The Balaban J connectivity index is 1.72. The zero-order valence-electron chi connectivity index (χ0n) is 16.5. The molecule has 0 amide bonds. The number of rotatable bonds is 4. The molecule has 2 fully saturated rings. The molecule has 2 unspecified atom stereocenters. The van der Waals surface area contributed by atoms with Gasteiger partial charge in [-0.2, -0.15) is 0 Å². The molecule has 0 saturated carbocycles. The second-order valence-corrected chi connectivity index (χ2v) is 10.7. The molecule has 6 nitrogen and oxygen atoms in total. The number of sulfone groups is 1. The maximum absolute atomic E-state index is 12.3. The van der Waals surface area contributed by atoms with Crippen LogP contribution in [-0.2, 0) is 14.6 Å². The van der Waals surface area contributed by atoms with Crippen LogP contribution in [0.15, 0.2) is 35.3 Å². The number of hydrogen-bond acceptors (Lipinski definition) is 4. The number of nitrogens with zero attached hydrogens (tertiary/aromatic N) is 2. The lowest BCUT2D eigenvalue weighted by Gasteiger charge is -2.39. The van der Waals surface area contributed by atoms with E-state index >= 15 is 0 Å². The van der Waals surface area contributed by atoms with Gasteiger partial charge >= 0.3 is 0 Å². The number of hydrogen-bond donors (Lipinski definition) is 1. The molecule has 0 aromatic heterocycles. The van der Waals surface area contributed by atoms with Crippen LogP contribution in [-0.4, -0.2) is 62.6 Å². The van der Waals surface area contributed by atoms with Gasteiger partial charge in [0.1, 0.15) is 0 Å². The third-order valence-electron chi connectivity index (χ3n) is 5.50. The van der Waals surface area contributed by atoms with Gasteiger partial charge in [0.15, 0.2) is 15.8 Å². The fourth-order valence-electron chi connectivity index (χ4n) is 3.79.